The Morgan fingerprint density at radius 1 is 1.06 bits per heavy atom. The summed E-state index contributed by atoms with van der Waals surface area (Å²) in [5.74, 6) is 2.30. The largest absolute Gasteiger partial charge is 0.324 e. The van der Waals surface area contributed by atoms with Gasteiger partial charge in [-0.15, -0.1) is 0 Å². The molecule has 1 aliphatic rings. The van der Waals surface area contributed by atoms with Crippen molar-refractivity contribution in [3.63, 3.8) is 0 Å². The number of pyridine rings is 1. The van der Waals surface area contributed by atoms with Gasteiger partial charge in [-0.1, -0.05) is 0 Å². The highest BCUT2D eigenvalue weighted by atomic mass is 15.1. The van der Waals surface area contributed by atoms with Crippen LogP contribution >= 0.6 is 0 Å². The zero-order chi connectivity index (χ0) is 10.8. The molecule has 2 aromatic heterocycles. The number of hydrogen-bond acceptors (Lipinski definition) is 4. The van der Waals surface area contributed by atoms with E-state index in [9.17, 15) is 0 Å². The second-order valence-corrected chi connectivity index (χ2v) is 3.96. The summed E-state index contributed by atoms with van der Waals surface area (Å²) in [4.78, 5) is 12.4. The monoisotopic (exact) mass is 212 g/mol. The van der Waals surface area contributed by atoms with Crippen molar-refractivity contribution in [3.8, 4) is 0 Å². The fourth-order valence-electron chi connectivity index (χ4n) is 1.68. The molecule has 4 heteroatoms. The van der Waals surface area contributed by atoms with E-state index in [0.29, 0.717) is 0 Å². The first-order valence-electron chi connectivity index (χ1n) is 5.41. The maximum absolute atomic E-state index is 4.27. The van der Waals surface area contributed by atoms with E-state index in [4.69, 9.17) is 0 Å². The van der Waals surface area contributed by atoms with Crippen molar-refractivity contribution < 1.29 is 0 Å². The number of nitrogens with one attached hydrogen (secondary N) is 1. The molecule has 1 aliphatic carbocycles. The Bertz CT molecular complexity index is 479. The first-order valence-corrected chi connectivity index (χ1v) is 5.41. The predicted octanol–water partition coefficient (Wildman–Crippen LogP) is 2.49. The maximum atomic E-state index is 4.27. The number of hydrogen-bond donors (Lipinski definition) is 1. The highest BCUT2D eigenvalue weighted by Crippen LogP contribution is 2.40. The Labute approximate surface area is 93.8 Å². The van der Waals surface area contributed by atoms with E-state index in [-0.39, 0.29) is 0 Å². The molecule has 0 aliphatic heterocycles. The third kappa shape index (κ3) is 2.00. The van der Waals surface area contributed by atoms with E-state index in [2.05, 4.69) is 32.4 Å². The summed E-state index contributed by atoms with van der Waals surface area (Å²) in [5.41, 5.74) is 1.36. The Morgan fingerprint density at radius 2 is 1.94 bits per heavy atom. The van der Waals surface area contributed by atoms with Gasteiger partial charge >= 0.3 is 0 Å². The van der Waals surface area contributed by atoms with Crippen LogP contribution in [0, 0.1) is 0 Å². The summed E-state index contributed by atoms with van der Waals surface area (Å²) >= 11 is 0. The molecule has 2 heterocycles. The van der Waals surface area contributed by atoms with Gasteiger partial charge in [-0.2, -0.15) is 0 Å². The molecule has 0 saturated heterocycles. The van der Waals surface area contributed by atoms with Crippen LogP contribution in [0.3, 0.4) is 0 Å². The minimum atomic E-state index is 0.725. The van der Waals surface area contributed by atoms with Gasteiger partial charge in [0.15, 0.2) is 0 Å². The van der Waals surface area contributed by atoms with Gasteiger partial charge in [0.2, 0.25) is 0 Å². The van der Waals surface area contributed by atoms with E-state index in [1.165, 1.54) is 18.4 Å². The lowest BCUT2D eigenvalue weighted by Crippen LogP contribution is -1.96. The Kier molecular flexibility index (Phi) is 2.25. The summed E-state index contributed by atoms with van der Waals surface area (Å²) in [7, 11) is 0. The Morgan fingerprint density at radius 3 is 2.69 bits per heavy atom. The van der Waals surface area contributed by atoms with Crippen LogP contribution in [0.4, 0.5) is 11.6 Å². The van der Waals surface area contributed by atoms with Gasteiger partial charge in [0.1, 0.15) is 11.6 Å². The average Bonchev–Trinajstić information content (AvgIpc) is 3.15. The molecule has 0 unspecified atom stereocenters. The van der Waals surface area contributed by atoms with E-state index in [0.717, 1.165) is 17.6 Å². The van der Waals surface area contributed by atoms with Gasteiger partial charge in [-0.3, -0.25) is 4.98 Å². The zero-order valence-corrected chi connectivity index (χ0v) is 8.80. The molecule has 1 N–H and O–H groups in total. The van der Waals surface area contributed by atoms with Crippen LogP contribution in [0.1, 0.15) is 24.3 Å². The quantitative estimate of drug-likeness (QED) is 0.849. The summed E-state index contributed by atoms with van der Waals surface area (Å²) < 4.78 is 0. The molecule has 80 valence electrons. The van der Waals surface area contributed by atoms with Crippen LogP contribution in [-0.4, -0.2) is 15.0 Å². The third-order valence-electron chi connectivity index (χ3n) is 2.65. The minimum absolute atomic E-state index is 0.725. The molecule has 4 nitrogen and oxygen atoms in total. The maximum Gasteiger partial charge on any atom is 0.150 e. The van der Waals surface area contributed by atoms with Gasteiger partial charge in [0, 0.05) is 18.6 Å². The van der Waals surface area contributed by atoms with Crippen molar-refractivity contribution in [2.45, 2.75) is 18.8 Å². The Balaban J connectivity index is 1.81. The van der Waals surface area contributed by atoms with Gasteiger partial charge in [0.05, 0.1) is 6.20 Å². The smallest absolute Gasteiger partial charge is 0.150 e. The van der Waals surface area contributed by atoms with Crippen LogP contribution in [0.15, 0.2) is 36.9 Å². The van der Waals surface area contributed by atoms with E-state index in [1.807, 2.05) is 6.20 Å². The van der Waals surface area contributed by atoms with Crippen molar-refractivity contribution in [1.29, 1.82) is 0 Å². The molecule has 0 amide bonds. The van der Waals surface area contributed by atoms with E-state index in [1.54, 1.807) is 18.6 Å². The van der Waals surface area contributed by atoms with Crippen molar-refractivity contribution in [2.24, 2.45) is 0 Å². The fourth-order valence-corrected chi connectivity index (χ4v) is 1.68. The number of nitrogens with zero attached hydrogens (tertiary/aromatic N) is 3. The highest BCUT2D eigenvalue weighted by Gasteiger charge is 2.23. The van der Waals surface area contributed by atoms with Crippen LogP contribution in [0.5, 0.6) is 0 Å². The second kappa shape index (κ2) is 3.89. The minimum Gasteiger partial charge on any atom is -0.324 e. The van der Waals surface area contributed by atoms with Crippen LogP contribution in [0.25, 0.3) is 0 Å². The molecule has 16 heavy (non-hydrogen) atoms. The second-order valence-electron chi connectivity index (χ2n) is 3.96. The molecular weight excluding hydrogens is 200 g/mol. The van der Waals surface area contributed by atoms with Crippen molar-refractivity contribution in [2.75, 3.05) is 5.32 Å². The Hall–Kier alpha value is -1.97. The summed E-state index contributed by atoms with van der Waals surface area (Å²) in [6.45, 7) is 0. The summed E-state index contributed by atoms with van der Waals surface area (Å²) in [6.07, 6.45) is 9.44. The third-order valence-corrected chi connectivity index (χ3v) is 2.65. The van der Waals surface area contributed by atoms with Crippen molar-refractivity contribution in [1.82, 2.24) is 15.0 Å². The predicted molar refractivity (Wildman–Crippen MR) is 61.5 cm³/mol. The number of anilines is 2. The molecule has 0 atom stereocenters. The number of aromatic nitrogens is 3. The van der Waals surface area contributed by atoms with Gasteiger partial charge in [0.25, 0.3) is 0 Å². The molecule has 0 bridgehead atoms. The van der Waals surface area contributed by atoms with Gasteiger partial charge in [-0.05, 0) is 36.5 Å². The lowest BCUT2D eigenvalue weighted by molar-refractivity contribution is 1.10. The van der Waals surface area contributed by atoms with Crippen LogP contribution < -0.4 is 5.32 Å². The first-order chi connectivity index (χ1) is 7.92. The van der Waals surface area contributed by atoms with E-state index >= 15 is 0 Å². The topological polar surface area (TPSA) is 50.7 Å². The molecule has 0 aromatic carbocycles. The first kappa shape index (κ1) is 9.27. The average molecular weight is 212 g/mol. The van der Waals surface area contributed by atoms with Gasteiger partial charge in [-0.25, -0.2) is 9.97 Å². The fraction of sp³-hybridized carbons (Fsp3) is 0.250. The van der Waals surface area contributed by atoms with E-state index < -0.39 is 0 Å². The number of rotatable bonds is 3. The molecule has 0 spiro atoms. The zero-order valence-electron chi connectivity index (χ0n) is 8.80. The SMILES string of the molecule is c1cnc(Nc2cc(C3CC3)ccn2)cn1. The molecule has 3 rings (SSSR count). The van der Waals surface area contributed by atoms with Crippen LogP contribution in [-0.2, 0) is 0 Å². The molecular formula is C12H12N4. The highest BCUT2D eigenvalue weighted by molar-refractivity contribution is 5.51. The van der Waals surface area contributed by atoms with Gasteiger partial charge < -0.3 is 5.32 Å². The molecule has 1 saturated carbocycles. The summed E-state index contributed by atoms with van der Waals surface area (Å²) in [6, 6.07) is 4.17. The van der Waals surface area contributed by atoms with Crippen molar-refractivity contribution >= 4 is 11.6 Å². The van der Waals surface area contributed by atoms with Crippen molar-refractivity contribution in [3.05, 3.63) is 42.5 Å². The van der Waals surface area contributed by atoms with Crippen LogP contribution in [0.2, 0.25) is 0 Å². The standard InChI is InChI=1S/C12H12N4/c1-2-9(1)10-3-4-14-11(7-10)16-12-8-13-5-6-15-12/h3-9H,1-2H2,(H,14,15,16). The molecule has 2 aromatic rings. The molecule has 1 fully saturated rings. The normalized spacial score (nSPS) is 14.8. The lowest BCUT2D eigenvalue weighted by atomic mass is 10.2. The summed E-state index contributed by atoms with van der Waals surface area (Å²) in [5, 5.41) is 3.14. The lowest BCUT2D eigenvalue weighted by Gasteiger charge is -2.05. The molecule has 0 radical (unpaired) electrons.